The molecule has 1 heterocycles. The number of fused-ring (bicyclic) bond motifs is 1. The third-order valence-corrected chi connectivity index (χ3v) is 4.25. The predicted molar refractivity (Wildman–Crippen MR) is 81.7 cm³/mol. The summed E-state index contributed by atoms with van der Waals surface area (Å²) < 4.78 is 27.6. The second kappa shape index (κ2) is 6.16. The average Bonchev–Trinajstić information content (AvgIpc) is 2.91. The topological polar surface area (TPSA) is 41.6 Å². The third kappa shape index (κ3) is 2.68. The van der Waals surface area contributed by atoms with Gasteiger partial charge in [0.2, 0.25) is 0 Å². The van der Waals surface area contributed by atoms with E-state index in [0.29, 0.717) is 22.3 Å². The van der Waals surface area contributed by atoms with Gasteiger partial charge in [-0.25, -0.2) is 4.98 Å². The Hall–Kier alpha value is -2.39. The number of aromatic nitrogens is 2. The number of rotatable bonds is 4. The summed E-state index contributed by atoms with van der Waals surface area (Å²) in [6.45, 7) is -2.65. The molecule has 3 aromatic rings. The first-order valence-electron chi connectivity index (χ1n) is 6.56. The number of hydrogen-bond acceptors (Lipinski definition) is 3. The zero-order chi connectivity index (χ0) is 15.5. The maximum absolute atomic E-state index is 13.3. The molecule has 3 nitrogen and oxygen atoms in total. The zero-order valence-electron chi connectivity index (χ0n) is 11.4. The summed E-state index contributed by atoms with van der Waals surface area (Å²) in [5, 5.41) is 9.33. The van der Waals surface area contributed by atoms with Crippen molar-refractivity contribution in [2.75, 3.05) is 0 Å². The van der Waals surface area contributed by atoms with E-state index in [2.05, 4.69) is 11.1 Å². The Morgan fingerprint density at radius 2 is 1.86 bits per heavy atom. The van der Waals surface area contributed by atoms with E-state index in [-0.39, 0.29) is 5.16 Å². The largest absolute Gasteiger partial charge is 0.321 e. The van der Waals surface area contributed by atoms with Crippen LogP contribution in [0.5, 0.6) is 0 Å². The number of halogens is 2. The highest BCUT2D eigenvalue weighted by molar-refractivity contribution is 7.98. The summed E-state index contributed by atoms with van der Waals surface area (Å²) in [6, 6.07) is 16.1. The molecule has 0 spiro atoms. The van der Waals surface area contributed by atoms with Gasteiger partial charge in [0, 0.05) is 5.75 Å². The van der Waals surface area contributed by atoms with Gasteiger partial charge in [0.15, 0.2) is 5.16 Å². The fraction of sp³-hybridized carbons (Fsp3) is 0.125. The van der Waals surface area contributed by atoms with E-state index < -0.39 is 6.55 Å². The van der Waals surface area contributed by atoms with E-state index in [9.17, 15) is 8.78 Å². The summed E-state index contributed by atoms with van der Waals surface area (Å²) in [6.07, 6.45) is 0. The molecule has 3 rings (SSSR count). The van der Waals surface area contributed by atoms with Gasteiger partial charge in [-0.3, -0.25) is 4.57 Å². The molecular weight excluding hydrogens is 304 g/mol. The Balaban J connectivity index is 1.94. The maximum Gasteiger partial charge on any atom is 0.321 e. The Bertz CT molecular complexity index is 852. The van der Waals surface area contributed by atoms with Gasteiger partial charge in [-0.05, 0) is 23.8 Å². The second-order valence-electron chi connectivity index (χ2n) is 4.59. The lowest BCUT2D eigenvalue weighted by atomic mass is 10.1. The molecule has 110 valence electrons. The van der Waals surface area contributed by atoms with Crippen LogP contribution in [0.3, 0.4) is 0 Å². The van der Waals surface area contributed by atoms with Crippen LogP contribution in [0.25, 0.3) is 11.0 Å². The highest BCUT2D eigenvalue weighted by Crippen LogP contribution is 2.31. The van der Waals surface area contributed by atoms with Crippen LogP contribution >= 0.6 is 11.8 Å². The van der Waals surface area contributed by atoms with Crippen LogP contribution in [0, 0.1) is 11.3 Å². The molecule has 0 saturated carbocycles. The van der Waals surface area contributed by atoms with Crippen LogP contribution in [-0.4, -0.2) is 9.55 Å². The van der Waals surface area contributed by atoms with Crippen molar-refractivity contribution in [1.29, 1.82) is 5.26 Å². The standard InChI is InChI=1S/C16H11F2N3S/c17-15(18)21-14-8-4-3-7-13(14)20-16(21)22-10-12-6-2-1-5-11(12)9-19/h1-8,15H,10H2. The van der Waals surface area contributed by atoms with Crippen LogP contribution < -0.4 is 0 Å². The lowest BCUT2D eigenvalue weighted by Crippen LogP contribution is -2.00. The first kappa shape index (κ1) is 14.5. The van der Waals surface area contributed by atoms with E-state index in [4.69, 9.17) is 5.26 Å². The molecule has 0 aliphatic rings. The Labute approximate surface area is 130 Å². The van der Waals surface area contributed by atoms with Crippen molar-refractivity contribution >= 4 is 22.8 Å². The molecule has 22 heavy (non-hydrogen) atoms. The molecule has 2 aromatic carbocycles. The van der Waals surface area contributed by atoms with Crippen molar-refractivity contribution in [3.05, 3.63) is 59.7 Å². The minimum atomic E-state index is -2.65. The number of alkyl halides is 2. The van der Waals surface area contributed by atoms with Gasteiger partial charge < -0.3 is 0 Å². The van der Waals surface area contributed by atoms with E-state index >= 15 is 0 Å². The zero-order valence-corrected chi connectivity index (χ0v) is 12.2. The molecule has 6 heteroatoms. The first-order chi connectivity index (χ1) is 10.7. The summed E-state index contributed by atoms with van der Waals surface area (Å²) in [7, 11) is 0. The number of para-hydroxylation sites is 2. The fourth-order valence-electron chi connectivity index (χ4n) is 2.21. The van der Waals surface area contributed by atoms with E-state index in [0.717, 1.165) is 10.1 Å². The predicted octanol–water partition coefficient (Wildman–Crippen LogP) is 4.60. The molecule has 0 N–H and O–H groups in total. The molecule has 0 aliphatic heterocycles. The second-order valence-corrected chi connectivity index (χ2v) is 5.53. The van der Waals surface area contributed by atoms with Gasteiger partial charge in [-0.2, -0.15) is 14.0 Å². The van der Waals surface area contributed by atoms with Gasteiger partial charge in [0.05, 0.1) is 22.7 Å². The van der Waals surface area contributed by atoms with Gasteiger partial charge in [-0.1, -0.05) is 42.1 Å². The lowest BCUT2D eigenvalue weighted by Gasteiger charge is -2.07. The molecule has 0 saturated heterocycles. The fourth-order valence-corrected chi connectivity index (χ4v) is 3.23. The van der Waals surface area contributed by atoms with Gasteiger partial charge in [0.1, 0.15) is 0 Å². The minimum absolute atomic E-state index is 0.254. The van der Waals surface area contributed by atoms with Crippen molar-refractivity contribution in [3.8, 4) is 6.07 Å². The van der Waals surface area contributed by atoms with E-state index in [1.165, 1.54) is 11.8 Å². The smallest absolute Gasteiger partial charge is 0.261 e. The quantitative estimate of drug-likeness (QED) is 0.661. The highest BCUT2D eigenvalue weighted by atomic mass is 32.2. The molecule has 0 bridgehead atoms. The van der Waals surface area contributed by atoms with Crippen LogP contribution in [0.1, 0.15) is 17.7 Å². The number of nitriles is 1. The van der Waals surface area contributed by atoms with Gasteiger partial charge in [0.25, 0.3) is 0 Å². The first-order valence-corrected chi connectivity index (χ1v) is 7.55. The Kier molecular flexibility index (Phi) is 4.07. The Morgan fingerprint density at radius 1 is 1.14 bits per heavy atom. The van der Waals surface area contributed by atoms with Crippen molar-refractivity contribution in [3.63, 3.8) is 0 Å². The lowest BCUT2D eigenvalue weighted by molar-refractivity contribution is 0.0656. The van der Waals surface area contributed by atoms with Crippen molar-refractivity contribution in [2.24, 2.45) is 0 Å². The monoisotopic (exact) mass is 315 g/mol. The summed E-state index contributed by atoms with van der Waals surface area (Å²) in [5.41, 5.74) is 2.31. The summed E-state index contributed by atoms with van der Waals surface area (Å²) in [5.74, 6) is 0.416. The van der Waals surface area contributed by atoms with Crippen molar-refractivity contribution < 1.29 is 8.78 Å². The van der Waals surface area contributed by atoms with Crippen LogP contribution in [0.2, 0.25) is 0 Å². The summed E-state index contributed by atoms with van der Waals surface area (Å²) in [4.78, 5) is 4.27. The van der Waals surface area contributed by atoms with Gasteiger partial charge in [-0.15, -0.1) is 0 Å². The minimum Gasteiger partial charge on any atom is -0.261 e. The number of hydrogen-bond donors (Lipinski definition) is 0. The molecule has 0 fully saturated rings. The number of benzene rings is 2. The van der Waals surface area contributed by atoms with E-state index in [1.54, 1.807) is 36.4 Å². The van der Waals surface area contributed by atoms with E-state index in [1.807, 2.05) is 12.1 Å². The molecule has 0 atom stereocenters. The van der Waals surface area contributed by atoms with Crippen molar-refractivity contribution in [2.45, 2.75) is 17.5 Å². The number of nitrogens with zero attached hydrogens (tertiary/aromatic N) is 3. The molecule has 0 unspecified atom stereocenters. The normalized spacial score (nSPS) is 11.0. The highest BCUT2D eigenvalue weighted by Gasteiger charge is 2.18. The molecule has 0 aliphatic carbocycles. The molecule has 0 radical (unpaired) electrons. The number of thioether (sulfide) groups is 1. The third-order valence-electron chi connectivity index (χ3n) is 3.25. The van der Waals surface area contributed by atoms with Crippen LogP contribution in [0.15, 0.2) is 53.7 Å². The van der Waals surface area contributed by atoms with Crippen LogP contribution in [0.4, 0.5) is 8.78 Å². The number of imidazole rings is 1. The Morgan fingerprint density at radius 3 is 2.64 bits per heavy atom. The summed E-state index contributed by atoms with van der Waals surface area (Å²) >= 11 is 1.20. The molecule has 1 aromatic heterocycles. The van der Waals surface area contributed by atoms with Gasteiger partial charge >= 0.3 is 6.55 Å². The molecular formula is C16H11F2N3S. The van der Waals surface area contributed by atoms with Crippen LogP contribution in [-0.2, 0) is 5.75 Å². The maximum atomic E-state index is 13.3. The molecule has 0 amide bonds. The van der Waals surface area contributed by atoms with Crippen molar-refractivity contribution in [1.82, 2.24) is 9.55 Å². The SMILES string of the molecule is N#Cc1ccccc1CSc1nc2ccccc2n1C(F)F. The average molecular weight is 315 g/mol.